The van der Waals surface area contributed by atoms with Crippen molar-refractivity contribution < 1.29 is 13.2 Å². The molecule has 0 bridgehead atoms. The Morgan fingerprint density at radius 1 is 0.885 bits per heavy atom. The van der Waals surface area contributed by atoms with Crippen LogP contribution in [0.4, 0.5) is 36.3 Å². The molecule has 0 aliphatic rings. The molecular formula is C18H16F3N5. The van der Waals surface area contributed by atoms with Crippen molar-refractivity contribution in [3.05, 3.63) is 65.6 Å². The molecule has 1 aromatic heterocycles. The summed E-state index contributed by atoms with van der Waals surface area (Å²) in [4.78, 5) is 4.14. The maximum atomic E-state index is 13.7. The van der Waals surface area contributed by atoms with E-state index in [1.54, 1.807) is 0 Å². The molecule has 2 N–H and O–H groups in total. The molecular weight excluding hydrogens is 343 g/mol. The van der Waals surface area contributed by atoms with Crippen molar-refractivity contribution in [2.45, 2.75) is 19.8 Å². The molecule has 0 amide bonds. The highest BCUT2D eigenvalue weighted by Crippen LogP contribution is 2.23. The van der Waals surface area contributed by atoms with Crippen LogP contribution in [0, 0.1) is 17.5 Å². The molecule has 0 radical (unpaired) electrons. The Hall–Kier alpha value is -3.16. The Bertz CT molecular complexity index is 913. The second-order valence-corrected chi connectivity index (χ2v) is 5.91. The minimum Gasteiger partial charge on any atom is -0.336 e. The number of nitrogens with one attached hydrogen (secondary N) is 2. The number of anilines is 4. The second-order valence-electron chi connectivity index (χ2n) is 5.91. The highest BCUT2D eigenvalue weighted by Gasteiger charge is 2.14. The monoisotopic (exact) mass is 359 g/mol. The standard InChI is InChI=1S/C18H16F3N5/c1-10(2)11-3-5-12(6-4-11)23-18-25-15(9-22-26-18)24-14-8-7-13(19)16(20)17(14)21/h3-10H,1-2H3,(H2,23,24,25,26). The fraction of sp³-hybridized carbons (Fsp3) is 0.167. The second kappa shape index (κ2) is 7.38. The van der Waals surface area contributed by atoms with Crippen LogP contribution in [-0.4, -0.2) is 15.2 Å². The molecule has 26 heavy (non-hydrogen) atoms. The van der Waals surface area contributed by atoms with Crippen LogP contribution in [0.2, 0.25) is 0 Å². The van der Waals surface area contributed by atoms with Crippen LogP contribution < -0.4 is 10.6 Å². The van der Waals surface area contributed by atoms with Crippen LogP contribution in [0.5, 0.6) is 0 Å². The predicted octanol–water partition coefficient (Wildman–Crippen LogP) is 4.90. The summed E-state index contributed by atoms with van der Waals surface area (Å²) >= 11 is 0. The van der Waals surface area contributed by atoms with Gasteiger partial charge in [-0.15, -0.1) is 5.10 Å². The quantitative estimate of drug-likeness (QED) is 0.635. The van der Waals surface area contributed by atoms with Crippen molar-refractivity contribution in [3.8, 4) is 0 Å². The van der Waals surface area contributed by atoms with Gasteiger partial charge in [-0.05, 0) is 35.7 Å². The van der Waals surface area contributed by atoms with Gasteiger partial charge in [0.2, 0.25) is 5.95 Å². The predicted molar refractivity (Wildman–Crippen MR) is 93.2 cm³/mol. The van der Waals surface area contributed by atoms with Crippen LogP contribution in [-0.2, 0) is 0 Å². The number of rotatable bonds is 5. The number of halogens is 3. The van der Waals surface area contributed by atoms with Gasteiger partial charge in [-0.1, -0.05) is 26.0 Å². The fourth-order valence-corrected chi connectivity index (χ4v) is 2.26. The summed E-state index contributed by atoms with van der Waals surface area (Å²) in [7, 11) is 0. The maximum absolute atomic E-state index is 13.7. The smallest absolute Gasteiger partial charge is 0.249 e. The third-order valence-corrected chi connectivity index (χ3v) is 3.69. The molecule has 0 saturated carbocycles. The molecule has 0 fully saturated rings. The lowest BCUT2D eigenvalue weighted by atomic mass is 10.0. The van der Waals surface area contributed by atoms with Gasteiger partial charge in [0.1, 0.15) is 0 Å². The van der Waals surface area contributed by atoms with E-state index in [0.29, 0.717) is 5.92 Å². The largest absolute Gasteiger partial charge is 0.336 e. The van der Waals surface area contributed by atoms with Gasteiger partial charge in [-0.3, -0.25) is 0 Å². The molecule has 0 atom stereocenters. The van der Waals surface area contributed by atoms with Crippen molar-refractivity contribution in [1.29, 1.82) is 0 Å². The van der Waals surface area contributed by atoms with Crippen molar-refractivity contribution in [2.24, 2.45) is 0 Å². The van der Waals surface area contributed by atoms with E-state index in [1.807, 2.05) is 24.3 Å². The van der Waals surface area contributed by atoms with Crippen LogP contribution in [0.15, 0.2) is 42.6 Å². The number of aromatic nitrogens is 3. The Morgan fingerprint density at radius 3 is 2.31 bits per heavy atom. The zero-order valence-corrected chi connectivity index (χ0v) is 14.1. The lowest BCUT2D eigenvalue weighted by Gasteiger charge is -2.10. The fourth-order valence-electron chi connectivity index (χ4n) is 2.26. The molecule has 8 heteroatoms. The number of nitrogens with zero attached hydrogens (tertiary/aromatic N) is 3. The topological polar surface area (TPSA) is 62.7 Å². The molecule has 134 valence electrons. The molecule has 0 saturated heterocycles. The van der Waals surface area contributed by atoms with Gasteiger partial charge < -0.3 is 10.6 Å². The molecule has 1 heterocycles. The zero-order valence-electron chi connectivity index (χ0n) is 14.1. The molecule has 2 aromatic carbocycles. The SMILES string of the molecule is CC(C)c1ccc(Nc2nncc(Nc3ccc(F)c(F)c3F)n2)cc1. The van der Waals surface area contributed by atoms with E-state index in [-0.39, 0.29) is 17.5 Å². The normalized spacial score (nSPS) is 10.8. The number of hydrogen-bond acceptors (Lipinski definition) is 5. The van der Waals surface area contributed by atoms with Crippen molar-refractivity contribution in [3.63, 3.8) is 0 Å². The summed E-state index contributed by atoms with van der Waals surface area (Å²) in [5.41, 5.74) is 1.70. The first-order chi connectivity index (χ1) is 12.4. The van der Waals surface area contributed by atoms with Gasteiger partial charge in [-0.25, -0.2) is 13.2 Å². The van der Waals surface area contributed by atoms with Crippen LogP contribution in [0.25, 0.3) is 0 Å². The van der Waals surface area contributed by atoms with E-state index >= 15 is 0 Å². The minimum absolute atomic E-state index is 0.131. The van der Waals surface area contributed by atoms with Gasteiger partial charge in [0.05, 0.1) is 11.9 Å². The van der Waals surface area contributed by atoms with Gasteiger partial charge in [-0.2, -0.15) is 10.1 Å². The summed E-state index contributed by atoms with van der Waals surface area (Å²) in [6.45, 7) is 4.20. The lowest BCUT2D eigenvalue weighted by molar-refractivity contribution is 0.449. The zero-order chi connectivity index (χ0) is 18.7. The van der Waals surface area contributed by atoms with Crippen LogP contribution in [0.3, 0.4) is 0 Å². The summed E-state index contributed by atoms with van der Waals surface area (Å²) < 4.78 is 40.0. The molecule has 0 spiro atoms. The molecule has 3 aromatic rings. The summed E-state index contributed by atoms with van der Waals surface area (Å²) in [6.07, 6.45) is 1.24. The molecule has 5 nitrogen and oxygen atoms in total. The Balaban J connectivity index is 1.77. The van der Waals surface area contributed by atoms with Crippen molar-refractivity contribution >= 4 is 23.1 Å². The summed E-state index contributed by atoms with van der Waals surface area (Å²) in [5, 5.41) is 13.1. The van der Waals surface area contributed by atoms with Gasteiger partial charge in [0.15, 0.2) is 23.3 Å². The Morgan fingerprint density at radius 2 is 1.62 bits per heavy atom. The van der Waals surface area contributed by atoms with E-state index in [9.17, 15) is 13.2 Å². The molecule has 0 aliphatic carbocycles. The highest BCUT2D eigenvalue weighted by atomic mass is 19.2. The Kier molecular flexibility index (Phi) is 5.01. The first-order valence-electron chi connectivity index (χ1n) is 7.91. The van der Waals surface area contributed by atoms with Crippen molar-refractivity contribution in [1.82, 2.24) is 15.2 Å². The third kappa shape index (κ3) is 3.90. The number of hydrogen-bond donors (Lipinski definition) is 2. The maximum Gasteiger partial charge on any atom is 0.249 e. The first kappa shape index (κ1) is 17.7. The Labute approximate surface area is 148 Å². The van der Waals surface area contributed by atoms with Crippen LogP contribution in [0.1, 0.15) is 25.3 Å². The minimum atomic E-state index is -1.55. The van der Waals surface area contributed by atoms with E-state index < -0.39 is 17.5 Å². The molecule has 0 aliphatic heterocycles. The van der Waals surface area contributed by atoms with E-state index in [0.717, 1.165) is 17.8 Å². The average molecular weight is 359 g/mol. The molecule has 0 unspecified atom stereocenters. The summed E-state index contributed by atoms with van der Waals surface area (Å²) in [5.74, 6) is -3.42. The van der Waals surface area contributed by atoms with E-state index in [2.05, 4.69) is 39.7 Å². The highest BCUT2D eigenvalue weighted by molar-refractivity contribution is 5.59. The average Bonchev–Trinajstić information content (AvgIpc) is 2.63. The summed E-state index contributed by atoms with van der Waals surface area (Å²) in [6, 6.07) is 9.64. The van der Waals surface area contributed by atoms with Gasteiger partial charge in [0.25, 0.3) is 0 Å². The van der Waals surface area contributed by atoms with Gasteiger partial charge >= 0.3 is 0 Å². The third-order valence-electron chi connectivity index (χ3n) is 3.69. The number of benzene rings is 2. The first-order valence-corrected chi connectivity index (χ1v) is 7.91. The lowest BCUT2D eigenvalue weighted by Crippen LogP contribution is -2.04. The van der Waals surface area contributed by atoms with E-state index in [1.165, 1.54) is 11.8 Å². The van der Waals surface area contributed by atoms with Crippen molar-refractivity contribution in [2.75, 3.05) is 10.6 Å². The molecule has 3 rings (SSSR count). The van der Waals surface area contributed by atoms with Crippen LogP contribution >= 0.6 is 0 Å². The van der Waals surface area contributed by atoms with E-state index in [4.69, 9.17) is 0 Å². The van der Waals surface area contributed by atoms with Gasteiger partial charge in [0, 0.05) is 5.69 Å².